The van der Waals surface area contributed by atoms with Crippen LogP contribution in [0.3, 0.4) is 0 Å². The number of aliphatic hydroxyl groups excluding tert-OH is 1. The molecule has 0 spiro atoms. The van der Waals surface area contributed by atoms with Crippen LogP contribution in [0.25, 0.3) is 0 Å². The van der Waals surface area contributed by atoms with Gasteiger partial charge in [-0.15, -0.1) is 0 Å². The molecule has 90 valence electrons. The second-order valence-corrected chi connectivity index (χ2v) is 5.97. The van der Waals surface area contributed by atoms with E-state index < -0.39 is 6.10 Å². The number of halogens is 1. The highest BCUT2D eigenvalue weighted by Crippen LogP contribution is 2.31. The predicted octanol–water partition coefficient (Wildman–Crippen LogP) is 3.00. The molecule has 0 aromatic heterocycles. The topological polar surface area (TPSA) is 32.3 Å². The first-order chi connectivity index (χ1) is 7.36. The summed E-state index contributed by atoms with van der Waals surface area (Å²) in [4.78, 5) is 0. The lowest BCUT2D eigenvalue weighted by Gasteiger charge is -2.25. The standard InChI is InChI=1S/C13H20BrNO/c1-13(2,3)11-6-5-9(14)7-10(11)12(16)8-15-4/h5-7,12,15-16H,8H2,1-4H3. The summed E-state index contributed by atoms with van der Waals surface area (Å²) >= 11 is 3.45. The highest BCUT2D eigenvalue weighted by molar-refractivity contribution is 9.10. The Labute approximate surface area is 106 Å². The molecule has 2 N–H and O–H groups in total. The number of nitrogens with one attached hydrogen (secondary N) is 1. The van der Waals surface area contributed by atoms with E-state index in [1.807, 2.05) is 19.2 Å². The quantitative estimate of drug-likeness (QED) is 0.895. The minimum absolute atomic E-state index is 0.0464. The van der Waals surface area contributed by atoms with E-state index in [4.69, 9.17) is 0 Å². The summed E-state index contributed by atoms with van der Waals surface area (Å²) in [5.74, 6) is 0. The summed E-state index contributed by atoms with van der Waals surface area (Å²) in [5, 5.41) is 13.1. The van der Waals surface area contributed by atoms with Gasteiger partial charge in [-0.1, -0.05) is 42.8 Å². The van der Waals surface area contributed by atoms with Gasteiger partial charge in [0.2, 0.25) is 0 Å². The van der Waals surface area contributed by atoms with Gasteiger partial charge >= 0.3 is 0 Å². The van der Waals surface area contributed by atoms with Crippen LogP contribution in [0.15, 0.2) is 22.7 Å². The van der Waals surface area contributed by atoms with Gasteiger partial charge in [0.1, 0.15) is 0 Å². The van der Waals surface area contributed by atoms with E-state index in [-0.39, 0.29) is 5.41 Å². The van der Waals surface area contributed by atoms with Crippen molar-refractivity contribution in [2.24, 2.45) is 0 Å². The zero-order valence-corrected chi connectivity index (χ0v) is 11.9. The van der Waals surface area contributed by atoms with Gasteiger partial charge in [0.15, 0.2) is 0 Å². The fraction of sp³-hybridized carbons (Fsp3) is 0.538. The number of hydrogen-bond donors (Lipinski definition) is 2. The lowest BCUT2D eigenvalue weighted by molar-refractivity contribution is 0.175. The van der Waals surface area contributed by atoms with E-state index >= 15 is 0 Å². The SMILES string of the molecule is CNCC(O)c1cc(Br)ccc1C(C)(C)C. The molecule has 1 aromatic carbocycles. The van der Waals surface area contributed by atoms with Gasteiger partial charge in [-0.05, 0) is 35.7 Å². The molecule has 0 saturated carbocycles. The molecule has 0 saturated heterocycles. The zero-order valence-electron chi connectivity index (χ0n) is 10.3. The Kier molecular flexibility index (Phi) is 4.53. The van der Waals surface area contributed by atoms with Crippen molar-refractivity contribution in [2.75, 3.05) is 13.6 Å². The van der Waals surface area contributed by atoms with E-state index in [1.54, 1.807) is 0 Å². The Balaban J connectivity index is 3.18. The van der Waals surface area contributed by atoms with Crippen molar-refractivity contribution < 1.29 is 5.11 Å². The Morgan fingerprint density at radius 1 is 1.38 bits per heavy atom. The van der Waals surface area contributed by atoms with E-state index in [0.717, 1.165) is 10.0 Å². The van der Waals surface area contributed by atoms with Crippen molar-refractivity contribution in [3.63, 3.8) is 0 Å². The molecule has 0 radical (unpaired) electrons. The van der Waals surface area contributed by atoms with Crippen LogP contribution in [0.1, 0.15) is 38.0 Å². The molecule has 0 amide bonds. The van der Waals surface area contributed by atoms with Crippen molar-refractivity contribution in [1.29, 1.82) is 0 Å². The maximum Gasteiger partial charge on any atom is 0.0917 e. The lowest BCUT2D eigenvalue weighted by Crippen LogP contribution is -2.22. The average molecular weight is 286 g/mol. The number of likely N-dealkylation sites (N-methyl/N-ethyl adjacent to an activating group) is 1. The monoisotopic (exact) mass is 285 g/mol. The maximum atomic E-state index is 10.1. The summed E-state index contributed by atoms with van der Waals surface area (Å²) in [7, 11) is 1.85. The van der Waals surface area contributed by atoms with Gasteiger partial charge in [-0.3, -0.25) is 0 Å². The van der Waals surface area contributed by atoms with E-state index in [1.165, 1.54) is 5.56 Å². The van der Waals surface area contributed by atoms with E-state index in [2.05, 4.69) is 48.1 Å². The molecule has 1 atom stereocenters. The van der Waals surface area contributed by atoms with Crippen LogP contribution in [-0.2, 0) is 5.41 Å². The van der Waals surface area contributed by atoms with Gasteiger partial charge in [-0.25, -0.2) is 0 Å². The Bertz CT molecular complexity index is 357. The molecule has 1 unspecified atom stereocenters. The molecule has 0 aliphatic carbocycles. The molecular formula is C13H20BrNO. The molecule has 16 heavy (non-hydrogen) atoms. The Morgan fingerprint density at radius 2 is 2.00 bits per heavy atom. The van der Waals surface area contributed by atoms with Gasteiger partial charge in [-0.2, -0.15) is 0 Å². The second-order valence-electron chi connectivity index (χ2n) is 5.06. The van der Waals surface area contributed by atoms with Crippen LogP contribution in [0.2, 0.25) is 0 Å². The molecule has 0 fully saturated rings. The second kappa shape index (κ2) is 5.30. The number of aliphatic hydroxyl groups is 1. The molecule has 2 nitrogen and oxygen atoms in total. The van der Waals surface area contributed by atoms with E-state index in [9.17, 15) is 5.11 Å². The van der Waals surface area contributed by atoms with Crippen molar-refractivity contribution >= 4 is 15.9 Å². The van der Waals surface area contributed by atoms with Crippen molar-refractivity contribution in [3.8, 4) is 0 Å². The van der Waals surface area contributed by atoms with Gasteiger partial charge in [0, 0.05) is 11.0 Å². The Morgan fingerprint density at radius 3 is 2.50 bits per heavy atom. The zero-order chi connectivity index (χ0) is 12.3. The molecule has 0 heterocycles. The van der Waals surface area contributed by atoms with Crippen LogP contribution in [0.4, 0.5) is 0 Å². The summed E-state index contributed by atoms with van der Waals surface area (Å²) in [6.45, 7) is 7.04. The number of rotatable bonds is 3. The van der Waals surface area contributed by atoms with Gasteiger partial charge in [0.05, 0.1) is 6.10 Å². The maximum absolute atomic E-state index is 10.1. The summed E-state index contributed by atoms with van der Waals surface area (Å²) in [5.41, 5.74) is 2.24. The highest BCUT2D eigenvalue weighted by atomic mass is 79.9. The smallest absolute Gasteiger partial charge is 0.0917 e. The van der Waals surface area contributed by atoms with Crippen molar-refractivity contribution in [3.05, 3.63) is 33.8 Å². The fourth-order valence-electron chi connectivity index (χ4n) is 1.80. The summed E-state index contributed by atoms with van der Waals surface area (Å²) in [6.07, 6.45) is -0.461. The minimum Gasteiger partial charge on any atom is -0.387 e. The third-order valence-electron chi connectivity index (χ3n) is 2.58. The van der Waals surface area contributed by atoms with Crippen LogP contribution in [0.5, 0.6) is 0 Å². The largest absolute Gasteiger partial charge is 0.387 e. The van der Waals surface area contributed by atoms with Gasteiger partial charge < -0.3 is 10.4 Å². The number of hydrogen-bond acceptors (Lipinski definition) is 2. The molecule has 0 aliphatic rings. The normalized spacial score (nSPS) is 13.9. The third kappa shape index (κ3) is 3.30. The number of benzene rings is 1. The summed E-state index contributed by atoms with van der Waals surface area (Å²) in [6, 6.07) is 6.11. The third-order valence-corrected chi connectivity index (χ3v) is 3.07. The predicted molar refractivity (Wildman–Crippen MR) is 71.7 cm³/mol. The van der Waals surface area contributed by atoms with Crippen molar-refractivity contribution in [2.45, 2.75) is 32.3 Å². The van der Waals surface area contributed by atoms with Crippen LogP contribution >= 0.6 is 15.9 Å². The van der Waals surface area contributed by atoms with Crippen LogP contribution in [0, 0.1) is 0 Å². The molecule has 1 aromatic rings. The lowest BCUT2D eigenvalue weighted by atomic mass is 9.82. The summed E-state index contributed by atoms with van der Waals surface area (Å²) < 4.78 is 1.01. The van der Waals surface area contributed by atoms with Crippen molar-refractivity contribution in [1.82, 2.24) is 5.32 Å². The molecular weight excluding hydrogens is 266 g/mol. The first-order valence-electron chi connectivity index (χ1n) is 5.49. The van der Waals surface area contributed by atoms with E-state index in [0.29, 0.717) is 6.54 Å². The molecule has 0 bridgehead atoms. The average Bonchev–Trinajstić information content (AvgIpc) is 2.16. The minimum atomic E-state index is -0.461. The van der Waals surface area contributed by atoms with Crippen LogP contribution in [-0.4, -0.2) is 18.7 Å². The molecule has 0 aliphatic heterocycles. The molecule has 1 rings (SSSR count). The Hall–Kier alpha value is -0.380. The fourth-order valence-corrected chi connectivity index (χ4v) is 2.17. The first kappa shape index (κ1) is 13.7. The first-order valence-corrected chi connectivity index (χ1v) is 6.28. The molecule has 3 heteroatoms. The highest BCUT2D eigenvalue weighted by Gasteiger charge is 2.21. The van der Waals surface area contributed by atoms with Crippen LogP contribution < -0.4 is 5.32 Å². The van der Waals surface area contributed by atoms with Gasteiger partial charge in [0.25, 0.3) is 0 Å².